The van der Waals surface area contributed by atoms with E-state index in [0.717, 1.165) is 18.4 Å². The van der Waals surface area contributed by atoms with Gasteiger partial charge in [0.25, 0.3) is 0 Å². The van der Waals surface area contributed by atoms with Crippen LogP contribution >= 0.6 is 0 Å². The number of ether oxygens (including phenoxy) is 2. The molecule has 0 aromatic heterocycles. The molecule has 2 fully saturated rings. The summed E-state index contributed by atoms with van der Waals surface area (Å²) in [7, 11) is 0. The number of esters is 1. The minimum Gasteiger partial charge on any atom is -0.504 e. The van der Waals surface area contributed by atoms with Crippen molar-refractivity contribution >= 4 is 5.97 Å². The van der Waals surface area contributed by atoms with Crippen LogP contribution in [0.1, 0.15) is 82.6 Å². The number of rotatable bonds is 3. The molecule has 1 aliphatic heterocycles. The Balaban J connectivity index is 2.06. The second-order valence-corrected chi connectivity index (χ2v) is 9.32. The molecule has 2 aliphatic carbocycles. The molecule has 1 saturated carbocycles. The maximum absolute atomic E-state index is 13.2. The van der Waals surface area contributed by atoms with Gasteiger partial charge >= 0.3 is 5.97 Å². The molecule has 0 spiro atoms. The van der Waals surface area contributed by atoms with Crippen molar-refractivity contribution in [2.75, 3.05) is 6.61 Å². The summed E-state index contributed by atoms with van der Waals surface area (Å²) < 4.78 is 12.0. The second-order valence-electron chi connectivity index (χ2n) is 9.32. The largest absolute Gasteiger partial charge is 0.504 e. The minimum absolute atomic E-state index is 0.0377. The highest BCUT2D eigenvalue weighted by Crippen LogP contribution is 2.67. The van der Waals surface area contributed by atoms with Crippen molar-refractivity contribution in [1.82, 2.24) is 0 Å². The molecular formula is C22H30O5. The summed E-state index contributed by atoms with van der Waals surface area (Å²) in [6, 6.07) is 1.92. The summed E-state index contributed by atoms with van der Waals surface area (Å²) in [5, 5.41) is 21.8. The normalized spacial score (nSPS) is 33.6. The van der Waals surface area contributed by atoms with E-state index in [1.54, 1.807) is 0 Å². The number of phenols is 2. The first kappa shape index (κ1) is 18.6. The van der Waals surface area contributed by atoms with E-state index in [-0.39, 0.29) is 40.8 Å². The Labute approximate surface area is 160 Å². The van der Waals surface area contributed by atoms with Crippen LogP contribution in [0.2, 0.25) is 0 Å². The predicted octanol–water partition coefficient (Wildman–Crippen LogP) is 4.30. The van der Waals surface area contributed by atoms with Gasteiger partial charge in [0.2, 0.25) is 0 Å². The summed E-state index contributed by atoms with van der Waals surface area (Å²) in [5.41, 5.74) is 1.00. The van der Waals surface area contributed by atoms with Crippen LogP contribution in [0.15, 0.2) is 6.07 Å². The molecule has 3 aliphatic rings. The van der Waals surface area contributed by atoms with E-state index in [9.17, 15) is 15.0 Å². The van der Waals surface area contributed by atoms with Gasteiger partial charge in [-0.2, -0.15) is 0 Å². The van der Waals surface area contributed by atoms with Crippen molar-refractivity contribution in [3.05, 3.63) is 22.8 Å². The molecule has 148 valence electrons. The van der Waals surface area contributed by atoms with Crippen LogP contribution in [-0.4, -0.2) is 28.9 Å². The molecule has 1 aromatic rings. The lowest BCUT2D eigenvalue weighted by Crippen LogP contribution is -2.54. The van der Waals surface area contributed by atoms with Gasteiger partial charge in [-0.15, -0.1) is 0 Å². The van der Waals surface area contributed by atoms with E-state index < -0.39 is 11.5 Å². The number of fused-ring (bicyclic) bond motifs is 1. The van der Waals surface area contributed by atoms with Gasteiger partial charge in [0.15, 0.2) is 11.5 Å². The third kappa shape index (κ3) is 2.24. The average molecular weight is 374 g/mol. The van der Waals surface area contributed by atoms with Crippen LogP contribution in [0.4, 0.5) is 0 Å². The summed E-state index contributed by atoms with van der Waals surface area (Å²) >= 11 is 0. The predicted molar refractivity (Wildman–Crippen MR) is 101 cm³/mol. The molecule has 2 unspecified atom stereocenters. The van der Waals surface area contributed by atoms with Gasteiger partial charge < -0.3 is 19.7 Å². The monoisotopic (exact) mass is 374 g/mol. The molecular weight excluding hydrogens is 344 g/mol. The molecule has 0 radical (unpaired) electrons. The average Bonchev–Trinajstić information content (AvgIpc) is 2.84. The second kappa shape index (κ2) is 5.87. The van der Waals surface area contributed by atoms with Crippen molar-refractivity contribution in [1.29, 1.82) is 0 Å². The number of phenolic OH excluding ortho intramolecular Hbond substituents is 2. The molecule has 4 atom stereocenters. The molecule has 2 N–H and O–H groups in total. The zero-order chi connectivity index (χ0) is 19.7. The SMILES string of the molecule is CCO[C@@H]1c2cc(C(C)C)c(O)c(O)c2[C@@]23CCCC(C)(C)C2C1OC3=O. The number of hydrogen-bond acceptors (Lipinski definition) is 5. The fourth-order valence-corrected chi connectivity index (χ4v) is 6.05. The molecule has 5 nitrogen and oxygen atoms in total. The zero-order valence-electron chi connectivity index (χ0n) is 16.8. The Morgan fingerprint density at radius 1 is 1.26 bits per heavy atom. The van der Waals surface area contributed by atoms with Gasteiger partial charge in [-0.3, -0.25) is 4.79 Å². The van der Waals surface area contributed by atoms with E-state index in [1.807, 2.05) is 26.8 Å². The lowest BCUT2D eigenvalue weighted by Gasteiger charge is -2.52. The third-order valence-electron chi connectivity index (χ3n) is 7.05. The first-order chi connectivity index (χ1) is 12.7. The summed E-state index contributed by atoms with van der Waals surface area (Å²) in [4.78, 5) is 13.2. The van der Waals surface area contributed by atoms with Gasteiger partial charge in [0, 0.05) is 23.7 Å². The highest BCUT2D eigenvalue weighted by Gasteiger charge is 2.70. The van der Waals surface area contributed by atoms with Crippen molar-refractivity contribution in [3.8, 4) is 11.5 Å². The van der Waals surface area contributed by atoms with Crippen LogP contribution in [0.25, 0.3) is 0 Å². The standard InChI is InChI=1S/C22H30O5/c1-6-26-17-13-10-12(11(2)3)15(23)16(24)14(13)22-9-7-8-21(4,5)19(22)18(17)27-20(22)25/h10-11,17-19,23-24H,6-9H2,1-5H3/t17-,18?,19?,22+/m1/s1. The first-order valence-corrected chi connectivity index (χ1v) is 10.1. The van der Waals surface area contributed by atoms with Gasteiger partial charge in [0.1, 0.15) is 17.6 Å². The van der Waals surface area contributed by atoms with E-state index in [0.29, 0.717) is 24.2 Å². The van der Waals surface area contributed by atoms with Gasteiger partial charge in [-0.05, 0) is 42.7 Å². The maximum atomic E-state index is 13.2. The fourth-order valence-electron chi connectivity index (χ4n) is 6.05. The highest BCUT2D eigenvalue weighted by molar-refractivity contribution is 5.90. The molecule has 1 saturated heterocycles. The molecule has 27 heavy (non-hydrogen) atoms. The van der Waals surface area contributed by atoms with Gasteiger partial charge in [-0.1, -0.05) is 34.1 Å². The Hall–Kier alpha value is -1.75. The van der Waals surface area contributed by atoms with Gasteiger partial charge in [-0.25, -0.2) is 0 Å². The number of benzene rings is 1. The molecule has 5 heteroatoms. The van der Waals surface area contributed by atoms with E-state index in [2.05, 4.69) is 13.8 Å². The highest BCUT2D eigenvalue weighted by atomic mass is 16.6. The summed E-state index contributed by atoms with van der Waals surface area (Å²) in [6.07, 6.45) is 1.74. The van der Waals surface area contributed by atoms with Crippen LogP contribution < -0.4 is 0 Å². The zero-order valence-corrected chi connectivity index (χ0v) is 16.8. The Bertz CT molecular complexity index is 796. The van der Waals surface area contributed by atoms with Crippen LogP contribution in [0.5, 0.6) is 11.5 Å². The smallest absolute Gasteiger partial charge is 0.317 e. The Kier molecular flexibility index (Phi) is 4.05. The van der Waals surface area contributed by atoms with Crippen molar-refractivity contribution < 1.29 is 24.5 Å². The number of carbonyl (C=O) groups is 1. The number of carbonyl (C=O) groups excluding carboxylic acids is 1. The first-order valence-electron chi connectivity index (χ1n) is 10.1. The summed E-state index contributed by atoms with van der Waals surface area (Å²) in [5.74, 6) is -0.600. The molecule has 1 heterocycles. The lowest BCUT2D eigenvalue weighted by atomic mass is 9.49. The van der Waals surface area contributed by atoms with Crippen LogP contribution in [0.3, 0.4) is 0 Å². The summed E-state index contributed by atoms with van der Waals surface area (Å²) in [6.45, 7) is 10.7. The maximum Gasteiger partial charge on any atom is 0.317 e. The van der Waals surface area contributed by atoms with Crippen LogP contribution in [0, 0.1) is 11.3 Å². The number of hydrogen-bond donors (Lipinski definition) is 2. The third-order valence-corrected chi connectivity index (χ3v) is 7.05. The fraction of sp³-hybridized carbons (Fsp3) is 0.682. The minimum atomic E-state index is -0.896. The van der Waals surface area contributed by atoms with Crippen molar-refractivity contribution in [2.45, 2.75) is 77.4 Å². The molecule has 4 rings (SSSR count). The van der Waals surface area contributed by atoms with E-state index >= 15 is 0 Å². The quantitative estimate of drug-likeness (QED) is 0.609. The Morgan fingerprint density at radius 3 is 2.59 bits per heavy atom. The van der Waals surface area contributed by atoms with Crippen molar-refractivity contribution in [2.24, 2.45) is 11.3 Å². The van der Waals surface area contributed by atoms with Crippen LogP contribution in [-0.2, 0) is 19.7 Å². The number of aromatic hydroxyl groups is 2. The lowest BCUT2D eigenvalue weighted by molar-refractivity contribution is -0.150. The molecule has 2 bridgehead atoms. The van der Waals surface area contributed by atoms with Crippen molar-refractivity contribution in [3.63, 3.8) is 0 Å². The topological polar surface area (TPSA) is 76.0 Å². The Morgan fingerprint density at radius 2 is 1.96 bits per heavy atom. The molecule has 1 aromatic carbocycles. The molecule has 0 amide bonds. The van der Waals surface area contributed by atoms with Gasteiger partial charge in [0.05, 0.1) is 0 Å². The van der Waals surface area contributed by atoms with E-state index in [1.165, 1.54) is 0 Å². The van der Waals surface area contributed by atoms with E-state index in [4.69, 9.17) is 9.47 Å².